The largest absolute Gasteiger partial charge is 0.372 e. The van der Waals surface area contributed by atoms with E-state index < -0.39 is 0 Å². The lowest BCUT2D eigenvalue weighted by atomic mass is 9.99. The summed E-state index contributed by atoms with van der Waals surface area (Å²) in [6, 6.07) is 19.0. The van der Waals surface area contributed by atoms with Crippen LogP contribution in [0.4, 0.5) is 5.69 Å². The van der Waals surface area contributed by atoms with Crippen molar-refractivity contribution in [2.75, 3.05) is 18.0 Å². The highest BCUT2D eigenvalue weighted by atomic mass is 15.1. The van der Waals surface area contributed by atoms with E-state index in [0.29, 0.717) is 0 Å². The molecule has 1 nitrogen and oxygen atoms in total. The first-order valence-electron chi connectivity index (χ1n) is 6.86. The van der Waals surface area contributed by atoms with Crippen molar-refractivity contribution in [3.63, 3.8) is 0 Å². The molecule has 98 valence electrons. The highest BCUT2D eigenvalue weighted by Crippen LogP contribution is 2.25. The van der Waals surface area contributed by atoms with Crippen LogP contribution in [0.1, 0.15) is 25.0 Å². The number of hydrogen-bond acceptors (Lipinski definition) is 1. The molecular weight excluding hydrogens is 230 g/mol. The van der Waals surface area contributed by atoms with Crippen molar-refractivity contribution in [3.05, 3.63) is 72.3 Å². The van der Waals surface area contributed by atoms with E-state index in [1.807, 2.05) is 6.07 Å². The van der Waals surface area contributed by atoms with Crippen LogP contribution in [0.15, 0.2) is 61.2 Å². The summed E-state index contributed by atoms with van der Waals surface area (Å²) in [5.74, 6) is 0. The molecule has 0 unspecified atom stereocenters. The Morgan fingerprint density at radius 1 is 0.895 bits per heavy atom. The Kier molecular flexibility index (Phi) is 4.40. The second-order valence-electron chi connectivity index (χ2n) is 4.57. The number of benzene rings is 2. The maximum Gasteiger partial charge on any atom is 0.0372 e. The fourth-order valence-electron chi connectivity index (χ4n) is 2.29. The van der Waals surface area contributed by atoms with Crippen molar-refractivity contribution in [2.24, 2.45) is 0 Å². The normalized spacial score (nSPS) is 10.2. The Bertz CT molecular complexity index is 539. The van der Waals surface area contributed by atoms with Crippen LogP contribution in [0.3, 0.4) is 0 Å². The number of anilines is 1. The van der Waals surface area contributed by atoms with Crippen LogP contribution in [0.25, 0.3) is 5.57 Å². The third-order valence-corrected chi connectivity index (χ3v) is 3.45. The smallest absolute Gasteiger partial charge is 0.0372 e. The first-order chi connectivity index (χ1) is 9.26. The van der Waals surface area contributed by atoms with Crippen molar-refractivity contribution in [3.8, 4) is 0 Å². The first-order valence-corrected chi connectivity index (χ1v) is 6.86. The van der Waals surface area contributed by atoms with Gasteiger partial charge in [-0.2, -0.15) is 0 Å². The minimum atomic E-state index is 1.03. The Labute approximate surface area is 116 Å². The van der Waals surface area contributed by atoms with E-state index in [9.17, 15) is 0 Å². The average Bonchev–Trinajstić information content (AvgIpc) is 2.49. The molecule has 0 saturated heterocycles. The molecule has 2 rings (SSSR count). The second-order valence-corrected chi connectivity index (χ2v) is 4.57. The fourth-order valence-corrected chi connectivity index (χ4v) is 2.29. The molecule has 0 heterocycles. The van der Waals surface area contributed by atoms with Gasteiger partial charge < -0.3 is 4.90 Å². The summed E-state index contributed by atoms with van der Waals surface area (Å²) in [6.45, 7) is 10.6. The Morgan fingerprint density at radius 2 is 1.53 bits per heavy atom. The molecule has 0 radical (unpaired) electrons. The van der Waals surface area contributed by atoms with Crippen LogP contribution in [0, 0.1) is 0 Å². The molecule has 0 spiro atoms. The highest BCUT2D eigenvalue weighted by molar-refractivity contribution is 5.79. The maximum absolute atomic E-state index is 4.23. The van der Waals surface area contributed by atoms with Gasteiger partial charge in [-0.25, -0.2) is 0 Å². The van der Waals surface area contributed by atoms with Gasteiger partial charge in [0.1, 0.15) is 0 Å². The minimum absolute atomic E-state index is 1.03. The molecule has 1 heteroatoms. The molecule has 0 aromatic heterocycles. The van der Waals surface area contributed by atoms with Gasteiger partial charge in [-0.1, -0.05) is 49.0 Å². The molecule has 0 amide bonds. The zero-order valence-electron chi connectivity index (χ0n) is 11.8. The Balaban J connectivity index is 2.31. The van der Waals surface area contributed by atoms with Gasteiger partial charge in [-0.15, -0.1) is 0 Å². The van der Waals surface area contributed by atoms with Gasteiger partial charge in [-0.05, 0) is 42.7 Å². The standard InChI is InChI=1S/C18H21N/c1-4-19(5-2)18-13-9-12-17(14-18)15(3)16-10-7-6-8-11-16/h6-14H,3-5H2,1-2H3. The third kappa shape index (κ3) is 3.05. The molecule has 2 aromatic rings. The molecule has 0 atom stereocenters. The number of hydrogen-bond donors (Lipinski definition) is 0. The monoisotopic (exact) mass is 251 g/mol. The molecule has 0 fully saturated rings. The fraction of sp³-hybridized carbons (Fsp3) is 0.222. The summed E-state index contributed by atoms with van der Waals surface area (Å²) < 4.78 is 0. The van der Waals surface area contributed by atoms with Gasteiger partial charge in [0, 0.05) is 18.8 Å². The summed E-state index contributed by atoms with van der Waals surface area (Å²) in [6.07, 6.45) is 0. The molecule has 2 aromatic carbocycles. The Morgan fingerprint density at radius 3 is 2.16 bits per heavy atom. The van der Waals surface area contributed by atoms with E-state index in [4.69, 9.17) is 0 Å². The van der Waals surface area contributed by atoms with Crippen LogP contribution >= 0.6 is 0 Å². The van der Waals surface area contributed by atoms with Crippen molar-refractivity contribution in [1.82, 2.24) is 0 Å². The van der Waals surface area contributed by atoms with Gasteiger partial charge in [0.2, 0.25) is 0 Å². The lowest BCUT2D eigenvalue weighted by Crippen LogP contribution is -2.21. The van der Waals surface area contributed by atoms with Crippen molar-refractivity contribution >= 4 is 11.3 Å². The van der Waals surface area contributed by atoms with Crippen LogP contribution < -0.4 is 4.90 Å². The van der Waals surface area contributed by atoms with E-state index in [1.54, 1.807) is 0 Å². The molecule has 0 aliphatic carbocycles. The van der Waals surface area contributed by atoms with E-state index >= 15 is 0 Å². The lowest BCUT2D eigenvalue weighted by molar-refractivity contribution is 0.866. The second kappa shape index (κ2) is 6.24. The summed E-state index contributed by atoms with van der Waals surface area (Å²) in [4.78, 5) is 2.35. The van der Waals surface area contributed by atoms with Gasteiger partial charge in [0.15, 0.2) is 0 Å². The summed E-state index contributed by atoms with van der Waals surface area (Å²) in [5, 5.41) is 0. The van der Waals surface area contributed by atoms with Crippen LogP contribution in [0.2, 0.25) is 0 Å². The molecule has 0 bridgehead atoms. The van der Waals surface area contributed by atoms with Gasteiger partial charge in [-0.3, -0.25) is 0 Å². The first kappa shape index (κ1) is 13.4. The minimum Gasteiger partial charge on any atom is -0.372 e. The summed E-state index contributed by atoms with van der Waals surface area (Å²) in [5.41, 5.74) is 4.71. The van der Waals surface area contributed by atoms with E-state index in [1.165, 1.54) is 16.8 Å². The molecule has 0 aliphatic heterocycles. The van der Waals surface area contributed by atoms with Crippen molar-refractivity contribution in [1.29, 1.82) is 0 Å². The molecule has 0 saturated carbocycles. The predicted octanol–water partition coefficient (Wildman–Crippen LogP) is 4.59. The zero-order chi connectivity index (χ0) is 13.7. The molecule has 0 aliphatic rings. The molecule has 19 heavy (non-hydrogen) atoms. The van der Waals surface area contributed by atoms with Crippen LogP contribution in [0.5, 0.6) is 0 Å². The topological polar surface area (TPSA) is 3.24 Å². The maximum atomic E-state index is 4.23. The Hall–Kier alpha value is -2.02. The van der Waals surface area contributed by atoms with Crippen molar-refractivity contribution in [2.45, 2.75) is 13.8 Å². The number of nitrogens with zero attached hydrogens (tertiary/aromatic N) is 1. The quantitative estimate of drug-likeness (QED) is 0.751. The lowest BCUT2D eigenvalue weighted by Gasteiger charge is -2.22. The molecular formula is C18H21N. The summed E-state index contributed by atoms with van der Waals surface area (Å²) >= 11 is 0. The average molecular weight is 251 g/mol. The SMILES string of the molecule is C=C(c1ccccc1)c1cccc(N(CC)CC)c1. The third-order valence-electron chi connectivity index (χ3n) is 3.45. The number of rotatable bonds is 5. The van der Waals surface area contributed by atoms with Crippen molar-refractivity contribution < 1.29 is 0 Å². The predicted molar refractivity (Wildman–Crippen MR) is 84.6 cm³/mol. The van der Waals surface area contributed by atoms with Gasteiger partial charge in [0.05, 0.1) is 0 Å². The van der Waals surface area contributed by atoms with Crippen LogP contribution in [-0.2, 0) is 0 Å². The van der Waals surface area contributed by atoms with E-state index in [0.717, 1.165) is 18.7 Å². The van der Waals surface area contributed by atoms with Gasteiger partial charge >= 0.3 is 0 Å². The van der Waals surface area contributed by atoms with E-state index in [2.05, 4.69) is 73.9 Å². The highest BCUT2D eigenvalue weighted by Gasteiger charge is 2.05. The van der Waals surface area contributed by atoms with Gasteiger partial charge in [0.25, 0.3) is 0 Å². The zero-order valence-corrected chi connectivity index (χ0v) is 11.8. The molecule has 0 N–H and O–H groups in total. The van der Waals surface area contributed by atoms with E-state index in [-0.39, 0.29) is 0 Å². The van der Waals surface area contributed by atoms with Crippen LogP contribution in [-0.4, -0.2) is 13.1 Å². The summed E-state index contributed by atoms with van der Waals surface area (Å²) in [7, 11) is 0.